The van der Waals surface area contributed by atoms with Crippen LogP contribution in [0.2, 0.25) is 0 Å². The fourth-order valence-electron chi connectivity index (χ4n) is 3.83. The number of hydrogen-bond acceptors (Lipinski definition) is 5. The number of esters is 2. The van der Waals surface area contributed by atoms with Crippen molar-refractivity contribution < 1.29 is 19.1 Å². The number of ether oxygens (including phenoxy) is 2. The Morgan fingerprint density at radius 3 is 1.76 bits per heavy atom. The standard InChI is InChI=1S/C24H28O4S/c1-5-27-22(25)24(23(26)28-6-2)20(18-11-7-16(3)8-12-18)15-21(29-24)19-13-9-17(4)10-14-19/h7-14,20-21H,5-6,15H2,1-4H3/t20-,21+/m1/s1. The minimum atomic E-state index is -1.41. The first-order valence-electron chi connectivity index (χ1n) is 10.1. The summed E-state index contributed by atoms with van der Waals surface area (Å²) in [6.45, 7) is 8.02. The zero-order chi connectivity index (χ0) is 21.0. The maximum atomic E-state index is 13.2. The van der Waals surface area contributed by atoms with Crippen LogP contribution in [-0.4, -0.2) is 29.9 Å². The molecule has 0 spiro atoms. The number of benzene rings is 2. The van der Waals surface area contributed by atoms with E-state index in [-0.39, 0.29) is 24.4 Å². The van der Waals surface area contributed by atoms with Crippen LogP contribution in [0.15, 0.2) is 48.5 Å². The summed E-state index contributed by atoms with van der Waals surface area (Å²) in [5.41, 5.74) is 4.37. The molecule has 2 atom stereocenters. The molecule has 4 nitrogen and oxygen atoms in total. The minimum Gasteiger partial charge on any atom is -0.464 e. The first-order chi connectivity index (χ1) is 13.9. The average Bonchev–Trinajstić information content (AvgIpc) is 3.11. The third-order valence-corrected chi connectivity index (χ3v) is 7.09. The van der Waals surface area contributed by atoms with E-state index < -0.39 is 16.7 Å². The molecule has 1 saturated heterocycles. The highest BCUT2D eigenvalue weighted by Gasteiger charge is 2.62. The molecule has 5 heteroatoms. The molecule has 0 unspecified atom stereocenters. The topological polar surface area (TPSA) is 52.6 Å². The largest absolute Gasteiger partial charge is 0.464 e. The van der Waals surface area contributed by atoms with Gasteiger partial charge in [0, 0.05) is 11.2 Å². The van der Waals surface area contributed by atoms with E-state index in [1.807, 2.05) is 38.1 Å². The molecule has 2 aromatic carbocycles. The van der Waals surface area contributed by atoms with Gasteiger partial charge in [-0.1, -0.05) is 59.7 Å². The van der Waals surface area contributed by atoms with Gasteiger partial charge in [0.1, 0.15) is 0 Å². The van der Waals surface area contributed by atoms with Crippen molar-refractivity contribution in [3.05, 3.63) is 70.8 Å². The zero-order valence-corrected chi connectivity index (χ0v) is 18.3. The van der Waals surface area contributed by atoms with Gasteiger partial charge < -0.3 is 9.47 Å². The van der Waals surface area contributed by atoms with Gasteiger partial charge in [0.15, 0.2) is 0 Å². The Kier molecular flexibility index (Phi) is 6.68. The van der Waals surface area contributed by atoms with Crippen LogP contribution in [0.5, 0.6) is 0 Å². The molecule has 0 N–H and O–H groups in total. The number of rotatable bonds is 6. The van der Waals surface area contributed by atoms with Crippen LogP contribution in [0.3, 0.4) is 0 Å². The van der Waals surface area contributed by atoms with E-state index in [1.54, 1.807) is 13.8 Å². The lowest BCUT2D eigenvalue weighted by Crippen LogP contribution is -2.48. The lowest BCUT2D eigenvalue weighted by Gasteiger charge is -2.30. The summed E-state index contributed by atoms with van der Waals surface area (Å²) in [5, 5.41) is -0.00397. The Hall–Kier alpha value is -2.27. The van der Waals surface area contributed by atoms with E-state index in [0.29, 0.717) is 6.42 Å². The summed E-state index contributed by atoms with van der Waals surface area (Å²) in [6.07, 6.45) is 0.661. The van der Waals surface area contributed by atoms with Crippen molar-refractivity contribution in [3.63, 3.8) is 0 Å². The van der Waals surface area contributed by atoms with Gasteiger partial charge >= 0.3 is 11.9 Å². The van der Waals surface area contributed by atoms with E-state index in [9.17, 15) is 9.59 Å². The second kappa shape index (κ2) is 9.04. The predicted octanol–water partition coefficient (Wildman–Crippen LogP) is 5.13. The molecule has 29 heavy (non-hydrogen) atoms. The number of thioether (sulfide) groups is 1. The first kappa shape index (κ1) is 21.4. The van der Waals surface area contributed by atoms with Gasteiger partial charge in [0.25, 0.3) is 0 Å². The molecule has 0 radical (unpaired) electrons. The highest BCUT2D eigenvalue weighted by atomic mass is 32.2. The van der Waals surface area contributed by atoms with Crippen molar-refractivity contribution in [2.45, 2.75) is 50.0 Å². The van der Waals surface area contributed by atoms with Crippen LogP contribution in [0.4, 0.5) is 0 Å². The fraction of sp³-hybridized carbons (Fsp3) is 0.417. The Morgan fingerprint density at radius 1 is 0.862 bits per heavy atom. The first-order valence-corrected chi connectivity index (χ1v) is 11.0. The van der Waals surface area contributed by atoms with Crippen molar-refractivity contribution in [3.8, 4) is 0 Å². The lowest BCUT2D eigenvalue weighted by molar-refractivity contribution is -0.159. The summed E-state index contributed by atoms with van der Waals surface area (Å²) < 4.78 is 9.42. The number of aryl methyl sites for hydroxylation is 2. The Bertz CT molecular complexity index is 839. The lowest BCUT2D eigenvalue weighted by atomic mass is 9.81. The Morgan fingerprint density at radius 2 is 1.31 bits per heavy atom. The predicted molar refractivity (Wildman–Crippen MR) is 116 cm³/mol. The van der Waals surface area contributed by atoms with E-state index in [2.05, 4.69) is 24.3 Å². The fourth-order valence-corrected chi connectivity index (χ4v) is 5.57. The quantitative estimate of drug-likeness (QED) is 0.486. The Labute approximate surface area is 177 Å². The minimum absolute atomic E-state index is 0.00397. The van der Waals surface area contributed by atoms with Crippen molar-refractivity contribution in [1.29, 1.82) is 0 Å². The van der Waals surface area contributed by atoms with Gasteiger partial charge in [-0.2, -0.15) is 0 Å². The van der Waals surface area contributed by atoms with Crippen LogP contribution in [0, 0.1) is 13.8 Å². The molecule has 0 amide bonds. The molecule has 1 fully saturated rings. The van der Waals surface area contributed by atoms with Crippen LogP contribution < -0.4 is 0 Å². The molecule has 154 valence electrons. The van der Waals surface area contributed by atoms with Gasteiger partial charge in [-0.3, -0.25) is 0 Å². The summed E-state index contributed by atoms with van der Waals surface area (Å²) in [5.74, 6) is -1.34. The second-order valence-corrected chi connectivity index (χ2v) is 8.84. The summed E-state index contributed by atoms with van der Waals surface area (Å²) in [7, 11) is 0. The molecule has 0 aromatic heterocycles. The molecule has 0 saturated carbocycles. The maximum Gasteiger partial charge on any atom is 0.334 e. The van der Waals surface area contributed by atoms with E-state index in [1.165, 1.54) is 17.3 Å². The van der Waals surface area contributed by atoms with Crippen LogP contribution >= 0.6 is 11.8 Å². The highest BCUT2D eigenvalue weighted by Crippen LogP contribution is 2.60. The molecule has 3 rings (SSSR count). The second-order valence-electron chi connectivity index (χ2n) is 7.39. The van der Waals surface area contributed by atoms with Crippen LogP contribution in [-0.2, 0) is 19.1 Å². The van der Waals surface area contributed by atoms with Gasteiger partial charge in [-0.15, -0.1) is 11.8 Å². The van der Waals surface area contributed by atoms with E-state index in [0.717, 1.165) is 16.7 Å². The van der Waals surface area contributed by atoms with Crippen LogP contribution in [0.25, 0.3) is 0 Å². The molecular weight excluding hydrogens is 384 g/mol. The van der Waals surface area contributed by atoms with Crippen molar-refractivity contribution in [2.24, 2.45) is 0 Å². The Balaban J connectivity index is 2.10. The number of carbonyl (C=O) groups excluding carboxylic acids is 2. The number of hydrogen-bond donors (Lipinski definition) is 0. The monoisotopic (exact) mass is 412 g/mol. The van der Waals surface area contributed by atoms with Gasteiger partial charge in [-0.25, -0.2) is 9.59 Å². The summed E-state index contributed by atoms with van der Waals surface area (Å²) in [4.78, 5) is 26.4. The van der Waals surface area contributed by atoms with Gasteiger partial charge in [0.2, 0.25) is 4.75 Å². The summed E-state index contributed by atoms with van der Waals surface area (Å²) in [6, 6.07) is 16.3. The smallest absolute Gasteiger partial charge is 0.334 e. The molecule has 0 aliphatic carbocycles. The van der Waals surface area contributed by atoms with Crippen molar-refractivity contribution >= 4 is 23.7 Å². The molecule has 1 heterocycles. The van der Waals surface area contributed by atoms with Gasteiger partial charge in [-0.05, 0) is 45.2 Å². The molecule has 1 aliphatic heterocycles. The van der Waals surface area contributed by atoms with Gasteiger partial charge in [0.05, 0.1) is 13.2 Å². The third kappa shape index (κ3) is 4.20. The molecule has 2 aromatic rings. The SMILES string of the molecule is CCOC(=O)C1(C(=O)OCC)S[C@H](c2ccc(C)cc2)C[C@@H]1c1ccc(C)cc1. The van der Waals surface area contributed by atoms with Crippen molar-refractivity contribution in [2.75, 3.05) is 13.2 Å². The number of carbonyl (C=O) groups is 2. The van der Waals surface area contributed by atoms with E-state index >= 15 is 0 Å². The van der Waals surface area contributed by atoms with Crippen molar-refractivity contribution in [1.82, 2.24) is 0 Å². The highest BCUT2D eigenvalue weighted by molar-refractivity contribution is 8.02. The molecule has 1 aliphatic rings. The molecular formula is C24H28O4S. The average molecular weight is 413 g/mol. The zero-order valence-electron chi connectivity index (χ0n) is 17.4. The summed E-state index contributed by atoms with van der Waals surface area (Å²) >= 11 is 1.37. The van der Waals surface area contributed by atoms with E-state index in [4.69, 9.17) is 9.47 Å². The molecule has 0 bridgehead atoms. The maximum absolute atomic E-state index is 13.2. The van der Waals surface area contributed by atoms with Crippen LogP contribution in [0.1, 0.15) is 53.7 Å². The third-order valence-electron chi connectivity index (χ3n) is 5.35. The normalized spacial score (nSPS) is 20.3.